The van der Waals surface area contributed by atoms with Crippen LogP contribution in [0.5, 0.6) is 0 Å². The Morgan fingerprint density at radius 1 is 0.609 bits per heavy atom. The quantitative estimate of drug-likeness (QED) is 0.202. The van der Waals surface area contributed by atoms with Gasteiger partial charge in [-0.05, 0) is 83.2 Å². The van der Waals surface area contributed by atoms with E-state index < -0.39 is 0 Å². The molecular formula is C44H35NO. The topological polar surface area (TPSA) is 16.4 Å². The van der Waals surface area contributed by atoms with Crippen LogP contribution in [-0.2, 0) is 6.42 Å². The third-order valence-electron chi connectivity index (χ3n) is 10.1. The summed E-state index contributed by atoms with van der Waals surface area (Å²) in [5.74, 6) is 2.10. The van der Waals surface area contributed by atoms with Crippen LogP contribution in [0.4, 0.5) is 5.69 Å². The first-order valence-corrected chi connectivity index (χ1v) is 16.5. The minimum Gasteiger partial charge on any atom is -0.456 e. The van der Waals surface area contributed by atoms with Crippen LogP contribution in [-0.4, -0.2) is 0 Å². The number of hydrogen-bond donors (Lipinski definition) is 0. The summed E-state index contributed by atoms with van der Waals surface area (Å²) < 4.78 is 6.12. The van der Waals surface area contributed by atoms with Gasteiger partial charge in [0.25, 0.3) is 0 Å². The van der Waals surface area contributed by atoms with Crippen molar-refractivity contribution < 1.29 is 4.42 Å². The number of furan rings is 1. The number of nitrogens with zero attached hydrogens (tertiary/aromatic N) is 1. The van der Waals surface area contributed by atoms with E-state index in [1.54, 1.807) is 0 Å². The molecule has 0 aliphatic heterocycles. The number of fused-ring (bicyclic) bond motifs is 5. The Bertz CT molecular complexity index is 2190. The van der Waals surface area contributed by atoms with Gasteiger partial charge < -0.3 is 9.32 Å². The van der Waals surface area contributed by atoms with Crippen LogP contribution in [0.15, 0.2) is 179 Å². The summed E-state index contributed by atoms with van der Waals surface area (Å²) in [6, 6.07) is 34.7. The van der Waals surface area contributed by atoms with Gasteiger partial charge in [-0.3, -0.25) is 0 Å². The summed E-state index contributed by atoms with van der Waals surface area (Å²) in [5, 5.41) is 3.90. The van der Waals surface area contributed by atoms with Crippen molar-refractivity contribution in [3.8, 4) is 0 Å². The van der Waals surface area contributed by atoms with Crippen LogP contribution in [0, 0.1) is 11.8 Å². The van der Waals surface area contributed by atoms with Crippen LogP contribution in [0.25, 0.3) is 27.8 Å². The van der Waals surface area contributed by atoms with Crippen molar-refractivity contribution in [2.75, 3.05) is 4.90 Å². The molecule has 3 atom stereocenters. The molecule has 5 aromatic rings. The fraction of sp³-hybridized carbons (Fsp3) is 0.136. The molecule has 0 N–H and O–H groups in total. The zero-order chi connectivity index (χ0) is 30.5. The first kappa shape index (κ1) is 27.0. The lowest BCUT2D eigenvalue weighted by molar-refractivity contribution is 0.587. The molecular weight excluding hydrogens is 558 g/mol. The fourth-order valence-corrected chi connectivity index (χ4v) is 7.75. The number of rotatable bonds is 5. The fourth-order valence-electron chi connectivity index (χ4n) is 7.75. The highest BCUT2D eigenvalue weighted by Crippen LogP contribution is 2.42. The lowest BCUT2D eigenvalue weighted by Crippen LogP contribution is -2.26. The molecule has 0 amide bonds. The Labute approximate surface area is 270 Å². The van der Waals surface area contributed by atoms with Crippen LogP contribution in [0.3, 0.4) is 0 Å². The standard InChI is InChI=1S/C44H35NO/c1-2-11-36(12-3-1)45(37-23-19-31(20-24-37)40-15-8-10-30-9-4-5-13-39(30)40)38-25-21-33-27-32(17-18-34(33)28-38)35-22-26-44-42(29-35)41-14-6-7-16-43(41)46-44/h1-19,21-27,31,34-35H,20,28-29H2/t31-,34-,35?/m1/s1. The maximum atomic E-state index is 6.12. The SMILES string of the molecule is C1=C[C@@H]2CC(N(C3=CC[C@H](c4cccc5ccccc45)C=C3)c3ccccc3)=CC=C2C=C1C1C=Cc2oc3ccccc3c2C1. The monoisotopic (exact) mass is 593 g/mol. The third-order valence-corrected chi connectivity index (χ3v) is 10.1. The summed E-state index contributed by atoms with van der Waals surface area (Å²) in [6.45, 7) is 0. The number of anilines is 1. The Balaban J connectivity index is 0.998. The van der Waals surface area contributed by atoms with Crippen molar-refractivity contribution in [1.29, 1.82) is 0 Å². The minimum absolute atomic E-state index is 0.352. The Morgan fingerprint density at radius 3 is 2.26 bits per heavy atom. The van der Waals surface area contributed by atoms with E-state index >= 15 is 0 Å². The number of allylic oxidation sites excluding steroid dienone is 12. The van der Waals surface area contributed by atoms with E-state index in [2.05, 4.69) is 157 Å². The summed E-state index contributed by atoms with van der Waals surface area (Å²) in [6.07, 6.45) is 26.5. The van der Waals surface area contributed by atoms with Crippen molar-refractivity contribution in [2.45, 2.75) is 25.2 Å². The molecule has 1 aromatic heterocycles. The van der Waals surface area contributed by atoms with E-state index in [0.29, 0.717) is 17.8 Å². The Kier molecular flexibility index (Phi) is 6.59. The molecule has 1 unspecified atom stereocenters. The minimum atomic E-state index is 0.352. The third kappa shape index (κ3) is 4.73. The molecule has 222 valence electrons. The Morgan fingerprint density at radius 2 is 1.37 bits per heavy atom. The van der Waals surface area contributed by atoms with Gasteiger partial charge in [-0.1, -0.05) is 121 Å². The molecule has 2 heteroatoms. The zero-order valence-electron chi connectivity index (χ0n) is 25.7. The Hall–Kier alpha value is -5.34. The van der Waals surface area contributed by atoms with Crippen molar-refractivity contribution in [1.82, 2.24) is 0 Å². The molecule has 9 rings (SSSR count). The lowest BCUT2D eigenvalue weighted by Gasteiger charge is -2.35. The van der Waals surface area contributed by atoms with Crippen molar-refractivity contribution in [3.63, 3.8) is 0 Å². The van der Waals surface area contributed by atoms with Gasteiger partial charge in [0.2, 0.25) is 0 Å². The van der Waals surface area contributed by atoms with E-state index in [1.165, 1.54) is 55.5 Å². The molecule has 2 nitrogen and oxygen atoms in total. The number of para-hydroxylation sites is 2. The van der Waals surface area contributed by atoms with Crippen LogP contribution in [0.2, 0.25) is 0 Å². The largest absolute Gasteiger partial charge is 0.456 e. The predicted molar refractivity (Wildman–Crippen MR) is 191 cm³/mol. The van der Waals surface area contributed by atoms with E-state index in [4.69, 9.17) is 4.42 Å². The van der Waals surface area contributed by atoms with Gasteiger partial charge in [0.15, 0.2) is 0 Å². The van der Waals surface area contributed by atoms with E-state index in [-0.39, 0.29) is 0 Å². The summed E-state index contributed by atoms with van der Waals surface area (Å²) in [4.78, 5) is 2.46. The molecule has 0 saturated carbocycles. The van der Waals surface area contributed by atoms with Gasteiger partial charge in [0.1, 0.15) is 11.3 Å². The number of benzene rings is 4. The highest BCUT2D eigenvalue weighted by atomic mass is 16.3. The first-order valence-electron chi connectivity index (χ1n) is 16.5. The molecule has 0 bridgehead atoms. The van der Waals surface area contributed by atoms with Gasteiger partial charge >= 0.3 is 0 Å². The van der Waals surface area contributed by atoms with E-state index in [0.717, 1.165) is 30.6 Å². The summed E-state index contributed by atoms with van der Waals surface area (Å²) in [5.41, 5.74) is 10.3. The highest BCUT2D eigenvalue weighted by Gasteiger charge is 2.28. The summed E-state index contributed by atoms with van der Waals surface area (Å²) in [7, 11) is 0. The second kappa shape index (κ2) is 11.2. The average molecular weight is 594 g/mol. The maximum Gasteiger partial charge on any atom is 0.135 e. The van der Waals surface area contributed by atoms with Gasteiger partial charge in [0.05, 0.1) is 0 Å². The van der Waals surface area contributed by atoms with Crippen molar-refractivity contribution in [2.24, 2.45) is 11.8 Å². The van der Waals surface area contributed by atoms with Gasteiger partial charge in [-0.2, -0.15) is 0 Å². The van der Waals surface area contributed by atoms with Crippen LogP contribution < -0.4 is 4.90 Å². The van der Waals surface area contributed by atoms with E-state index in [1.807, 2.05) is 6.07 Å². The molecule has 4 aromatic carbocycles. The molecule has 1 heterocycles. The number of hydrogen-bond acceptors (Lipinski definition) is 2. The van der Waals surface area contributed by atoms with Crippen LogP contribution in [0.1, 0.15) is 35.6 Å². The molecule has 0 spiro atoms. The molecule has 0 radical (unpaired) electrons. The lowest BCUT2D eigenvalue weighted by atomic mass is 9.78. The van der Waals surface area contributed by atoms with Gasteiger partial charge in [-0.25, -0.2) is 0 Å². The van der Waals surface area contributed by atoms with Gasteiger partial charge in [-0.15, -0.1) is 0 Å². The van der Waals surface area contributed by atoms with Gasteiger partial charge in [0, 0.05) is 45.8 Å². The van der Waals surface area contributed by atoms with Crippen molar-refractivity contribution in [3.05, 3.63) is 191 Å². The predicted octanol–water partition coefficient (Wildman–Crippen LogP) is 11.2. The first-order chi connectivity index (χ1) is 22.8. The highest BCUT2D eigenvalue weighted by molar-refractivity contribution is 5.87. The van der Waals surface area contributed by atoms with Crippen molar-refractivity contribution >= 4 is 33.5 Å². The zero-order valence-corrected chi connectivity index (χ0v) is 25.7. The van der Waals surface area contributed by atoms with E-state index in [9.17, 15) is 0 Å². The molecule has 4 aliphatic carbocycles. The average Bonchev–Trinajstić information content (AvgIpc) is 3.50. The molecule has 0 saturated heterocycles. The summed E-state index contributed by atoms with van der Waals surface area (Å²) >= 11 is 0. The maximum absolute atomic E-state index is 6.12. The molecule has 46 heavy (non-hydrogen) atoms. The normalized spacial score (nSPS) is 21.7. The van der Waals surface area contributed by atoms with Crippen LogP contribution >= 0.6 is 0 Å². The second-order valence-electron chi connectivity index (χ2n) is 12.8. The smallest absolute Gasteiger partial charge is 0.135 e. The molecule has 4 aliphatic rings. The second-order valence-corrected chi connectivity index (χ2v) is 12.8. The molecule has 0 fully saturated rings.